The second-order valence-electron chi connectivity index (χ2n) is 5.74. The summed E-state index contributed by atoms with van der Waals surface area (Å²) in [5.41, 5.74) is 0. The molecule has 2 atom stereocenters. The first-order chi connectivity index (χ1) is 11.7. The van der Waals surface area contributed by atoms with Crippen LogP contribution in [0.2, 0.25) is 0 Å². The molecule has 24 heavy (non-hydrogen) atoms. The lowest BCUT2D eigenvalue weighted by Crippen LogP contribution is -2.37. The van der Waals surface area contributed by atoms with E-state index in [0.29, 0.717) is 26.4 Å². The van der Waals surface area contributed by atoms with Gasteiger partial charge in [-0.2, -0.15) is 0 Å². The topological polar surface area (TPSA) is 97.6 Å². The van der Waals surface area contributed by atoms with Gasteiger partial charge in [0, 0.05) is 13.2 Å². The van der Waals surface area contributed by atoms with Crippen LogP contribution in [0.5, 0.6) is 0 Å². The molecule has 0 aromatic rings. The zero-order chi connectivity index (χ0) is 18.0. The molecule has 0 saturated carbocycles. The summed E-state index contributed by atoms with van der Waals surface area (Å²) in [6.07, 6.45) is 2.52. The second kappa shape index (κ2) is 17.5. The van der Waals surface area contributed by atoms with Crippen molar-refractivity contribution >= 4 is 0 Å². The Hall–Kier alpha value is -0.280. The lowest BCUT2D eigenvalue weighted by Gasteiger charge is -2.24. The van der Waals surface area contributed by atoms with Crippen molar-refractivity contribution < 1.29 is 34.3 Å². The van der Waals surface area contributed by atoms with Crippen LogP contribution in [0.4, 0.5) is 0 Å². The number of unbranched alkanes of at least 4 members (excludes halogenated alkanes) is 2. The lowest BCUT2D eigenvalue weighted by molar-refractivity contribution is -0.136. The molecule has 0 spiro atoms. The van der Waals surface area contributed by atoms with E-state index in [9.17, 15) is 5.11 Å². The minimum atomic E-state index is -0.665. The lowest BCUT2D eigenvalue weighted by atomic mass is 10.3. The molecule has 2 unspecified atom stereocenters. The second-order valence-corrected chi connectivity index (χ2v) is 5.74. The van der Waals surface area contributed by atoms with Gasteiger partial charge in [0.25, 0.3) is 0 Å². The van der Waals surface area contributed by atoms with Gasteiger partial charge in [-0.25, -0.2) is 0 Å². The minimum absolute atomic E-state index is 0.140. The number of hydrogen-bond acceptors (Lipinski definition) is 7. The number of aliphatic hydroxyl groups excluding tert-OH is 3. The molecule has 0 aromatic heterocycles. The predicted octanol–water partition coefficient (Wildman–Crippen LogP) is 0.736. The Bertz CT molecular complexity index is 249. The third-order valence-electron chi connectivity index (χ3n) is 3.41. The molecule has 7 heteroatoms. The van der Waals surface area contributed by atoms with E-state index in [0.717, 1.165) is 25.7 Å². The molecule has 0 fully saturated rings. The molecule has 0 amide bonds. The van der Waals surface area contributed by atoms with Gasteiger partial charge in [0.15, 0.2) is 0 Å². The molecule has 0 aliphatic rings. The monoisotopic (exact) mass is 352 g/mol. The molecule has 0 saturated heterocycles. The van der Waals surface area contributed by atoms with E-state index in [1.54, 1.807) is 0 Å². The molecule has 0 bridgehead atoms. The fraction of sp³-hybridized carbons (Fsp3) is 1.00. The van der Waals surface area contributed by atoms with Crippen molar-refractivity contribution in [3.05, 3.63) is 0 Å². The molecule has 3 N–H and O–H groups in total. The Morgan fingerprint density at radius 1 is 0.667 bits per heavy atom. The van der Waals surface area contributed by atoms with Crippen molar-refractivity contribution in [2.75, 3.05) is 52.9 Å². The summed E-state index contributed by atoms with van der Waals surface area (Å²) >= 11 is 0. The van der Waals surface area contributed by atoms with Gasteiger partial charge in [0.05, 0.1) is 39.6 Å². The van der Waals surface area contributed by atoms with Crippen LogP contribution in [-0.2, 0) is 18.9 Å². The van der Waals surface area contributed by atoms with Gasteiger partial charge in [-0.1, -0.05) is 26.7 Å². The van der Waals surface area contributed by atoms with E-state index in [4.69, 9.17) is 29.2 Å². The van der Waals surface area contributed by atoms with Gasteiger partial charge in [-0.3, -0.25) is 0 Å². The Kier molecular flexibility index (Phi) is 17.3. The van der Waals surface area contributed by atoms with E-state index < -0.39 is 18.3 Å². The molecule has 7 nitrogen and oxygen atoms in total. The van der Waals surface area contributed by atoms with E-state index in [-0.39, 0.29) is 26.4 Å². The SMILES string of the molecule is CCCCOCC(CO)OCC(COCCCC)OC(CO)CO. The Morgan fingerprint density at radius 3 is 1.62 bits per heavy atom. The molecular weight excluding hydrogens is 316 g/mol. The maximum absolute atomic E-state index is 9.36. The summed E-state index contributed by atoms with van der Waals surface area (Å²) in [6, 6.07) is 0. The average molecular weight is 352 g/mol. The van der Waals surface area contributed by atoms with Crippen LogP contribution in [-0.4, -0.2) is 86.5 Å². The molecular formula is C17H36O7. The molecule has 0 aliphatic heterocycles. The van der Waals surface area contributed by atoms with Crippen LogP contribution in [0.15, 0.2) is 0 Å². The van der Waals surface area contributed by atoms with Gasteiger partial charge in [-0.15, -0.1) is 0 Å². The summed E-state index contributed by atoms with van der Waals surface area (Å²) < 4.78 is 22.2. The smallest absolute Gasteiger partial charge is 0.105 e. The highest BCUT2D eigenvalue weighted by Gasteiger charge is 2.19. The van der Waals surface area contributed by atoms with Crippen LogP contribution in [0.3, 0.4) is 0 Å². The van der Waals surface area contributed by atoms with E-state index >= 15 is 0 Å². The zero-order valence-electron chi connectivity index (χ0n) is 15.2. The Morgan fingerprint density at radius 2 is 1.17 bits per heavy atom. The van der Waals surface area contributed by atoms with E-state index in [1.165, 1.54) is 0 Å². The van der Waals surface area contributed by atoms with Crippen molar-refractivity contribution in [2.24, 2.45) is 0 Å². The standard InChI is InChI=1S/C17H36O7/c1-3-5-7-21-12-16(11-20)23-14-17(13-22-8-6-4-2)24-15(9-18)10-19/h15-20H,3-14H2,1-2H3. The van der Waals surface area contributed by atoms with Crippen molar-refractivity contribution in [3.8, 4) is 0 Å². The first-order valence-electron chi connectivity index (χ1n) is 8.96. The zero-order valence-corrected chi connectivity index (χ0v) is 15.2. The largest absolute Gasteiger partial charge is 0.394 e. The van der Waals surface area contributed by atoms with Crippen LogP contribution in [0, 0.1) is 0 Å². The van der Waals surface area contributed by atoms with E-state index in [1.807, 2.05) is 0 Å². The highest BCUT2D eigenvalue weighted by molar-refractivity contribution is 4.64. The van der Waals surface area contributed by atoms with Crippen LogP contribution in [0.25, 0.3) is 0 Å². The summed E-state index contributed by atoms with van der Waals surface area (Å²) in [5, 5.41) is 27.7. The molecule has 0 rings (SSSR count). The van der Waals surface area contributed by atoms with Crippen molar-refractivity contribution in [3.63, 3.8) is 0 Å². The normalized spacial score (nSPS) is 14.2. The number of rotatable bonds is 18. The van der Waals surface area contributed by atoms with Gasteiger partial charge >= 0.3 is 0 Å². The third kappa shape index (κ3) is 13.1. The molecule has 0 heterocycles. The first kappa shape index (κ1) is 23.7. The molecule has 146 valence electrons. The number of hydrogen-bond donors (Lipinski definition) is 3. The predicted molar refractivity (Wildman–Crippen MR) is 91.1 cm³/mol. The van der Waals surface area contributed by atoms with Gasteiger partial charge in [-0.05, 0) is 12.8 Å². The molecule has 0 aromatic carbocycles. The molecule has 0 aliphatic carbocycles. The van der Waals surface area contributed by atoms with Gasteiger partial charge in [0.2, 0.25) is 0 Å². The number of ether oxygens (including phenoxy) is 4. The maximum Gasteiger partial charge on any atom is 0.105 e. The highest BCUT2D eigenvalue weighted by Crippen LogP contribution is 2.05. The van der Waals surface area contributed by atoms with E-state index in [2.05, 4.69) is 13.8 Å². The summed E-state index contributed by atoms with van der Waals surface area (Å²) in [7, 11) is 0. The summed E-state index contributed by atoms with van der Waals surface area (Å²) in [4.78, 5) is 0. The van der Waals surface area contributed by atoms with Crippen LogP contribution in [0.1, 0.15) is 39.5 Å². The Labute approximate surface area is 145 Å². The number of aliphatic hydroxyl groups is 3. The Balaban J connectivity index is 4.22. The average Bonchev–Trinajstić information content (AvgIpc) is 2.61. The van der Waals surface area contributed by atoms with Crippen molar-refractivity contribution in [1.82, 2.24) is 0 Å². The van der Waals surface area contributed by atoms with Crippen LogP contribution >= 0.6 is 0 Å². The third-order valence-corrected chi connectivity index (χ3v) is 3.41. The van der Waals surface area contributed by atoms with Crippen LogP contribution < -0.4 is 0 Å². The highest BCUT2D eigenvalue weighted by atomic mass is 16.6. The minimum Gasteiger partial charge on any atom is -0.394 e. The maximum atomic E-state index is 9.36. The van der Waals surface area contributed by atoms with Crippen molar-refractivity contribution in [2.45, 2.75) is 57.8 Å². The fourth-order valence-corrected chi connectivity index (χ4v) is 1.86. The van der Waals surface area contributed by atoms with Gasteiger partial charge < -0.3 is 34.3 Å². The quantitative estimate of drug-likeness (QED) is 0.313. The van der Waals surface area contributed by atoms with Gasteiger partial charge in [0.1, 0.15) is 18.3 Å². The first-order valence-corrected chi connectivity index (χ1v) is 8.96. The molecule has 0 radical (unpaired) electrons. The fourth-order valence-electron chi connectivity index (χ4n) is 1.86. The summed E-state index contributed by atoms with van der Waals surface area (Å²) in [5.74, 6) is 0. The summed E-state index contributed by atoms with van der Waals surface area (Å²) in [6.45, 7) is 5.59. The van der Waals surface area contributed by atoms with Crippen molar-refractivity contribution in [1.29, 1.82) is 0 Å².